The molecule has 0 bridgehead atoms. The van der Waals surface area contributed by atoms with Gasteiger partial charge in [0, 0.05) is 5.56 Å². The molecule has 1 N–H and O–H groups in total. The minimum atomic E-state index is -0.923. The Morgan fingerprint density at radius 1 is 1.10 bits per heavy atom. The maximum absolute atomic E-state index is 13.3. The van der Waals surface area contributed by atoms with Crippen molar-refractivity contribution in [2.75, 3.05) is 12.0 Å². The molecule has 2 heterocycles. The van der Waals surface area contributed by atoms with Crippen LogP contribution in [0.5, 0.6) is 5.75 Å². The van der Waals surface area contributed by atoms with Crippen molar-refractivity contribution in [3.05, 3.63) is 76.1 Å². The van der Waals surface area contributed by atoms with Gasteiger partial charge in [-0.2, -0.15) is 0 Å². The van der Waals surface area contributed by atoms with Crippen LogP contribution in [-0.2, 0) is 9.59 Å². The van der Waals surface area contributed by atoms with Gasteiger partial charge in [0.2, 0.25) is 5.13 Å². The summed E-state index contributed by atoms with van der Waals surface area (Å²) in [4.78, 5) is 27.1. The molecule has 1 amide bonds. The highest BCUT2D eigenvalue weighted by Gasteiger charge is 2.48. The van der Waals surface area contributed by atoms with Crippen molar-refractivity contribution in [1.82, 2.24) is 10.2 Å². The number of methoxy groups -OCH3 is 1. The molecule has 1 aliphatic rings. The van der Waals surface area contributed by atoms with E-state index < -0.39 is 29.3 Å². The summed E-state index contributed by atoms with van der Waals surface area (Å²) in [5.74, 6) is -1.96. The standard InChI is InChI=1S/C21H16FN3O4S/c1-11-23-24-21(30-11)25-17(12-5-9-15(29-2)10-6-12)16(19(27)20(25)28)18(26)13-3-7-14(22)8-4-13/h3-10,17,26H,1-2H3/b18-16+/t17-/m1/s1. The molecule has 152 valence electrons. The van der Waals surface area contributed by atoms with E-state index in [0.29, 0.717) is 16.3 Å². The number of benzene rings is 2. The molecular formula is C21H16FN3O4S. The summed E-state index contributed by atoms with van der Waals surface area (Å²) in [6, 6.07) is 10.9. The first kappa shape index (κ1) is 19.7. The fourth-order valence-corrected chi connectivity index (χ4v) is 3.99. The number of Topliss-reactive ketones (excluding diaryl/α,β-unsaturated/α-hetero) is 1. The SMILES string of the molecule is COc1ccc([C@@H]2/C(=C(\O)c3ccc(F)cc3)C(=O)C(=O)N2c2nnc(C)s2)cc1. The Hall–Kier alpha value is -3.59. The number of amides is 1. The van der Waals surface area contributed by atoms with Crippen LogP contribution in [-0.4, -0.2) is 34.1 Å². The van der Waals surface area contributed by atoms with Gasteiger partial charge in [0.15, 0.2) is 0 Å². The van der Waals surface area contributed by atoms with E-state index in [9.17, 15) is 19.1 Å². The smallest absolute Gasteiger partial charge is 0.301 e. The van der Waals surface area contributed by atoms with Crippen LogP contribution < -0.4 is 9.64 Å². The van der Waals surface area contributed by atoms with Gasteiger partial charge < -0.3 is 9.84 Å². The lowest BCUT2D eigenvalue weighted by Gasteiger charge is -2.22. The minimum Gasteiger partial charge on any atom is -0.507 e. The molecule has 1 aromatic heterocycles. The van der Waals surface area contributed by atoms with Crippen molar-refractivity contribution in [2.24, 2.45) is 0 Å². The van der Waals surface area contributed by atoms with E-state index in [1.54, 1.807) is 31.2 Å². The molecule has 0 aliphatic carbocycles. The average molecular weight is 425 g/mol. The number of aryl methyl sites for hydroxylation is 1. The van der Waals surface area contributed by atoms with E-state index in [0.717, 1.165) is 11.3 Å². The number of aromatic nitrogens is 2. The zero-order valence-electron chi connectivity index (χ0n) is 16.0. The summed E-state index contributed by atoms with van der Waals surface area (Å²) in [5, 5.41) is 19.7. The van der Waals surface area contributed by atoms with Gasteiger partial charge >= 0.3 is 5.91 Å². The number of carbonyl (C=O) groups excluding carboxylic acids is 2. The Morgan fingerprint density at radius 3 is 2.33 bits per heavy atom. The third-order valence-electron chi connectivity index (χ3n) is 4.72. The molecule has 7 nitrogen and oxygen atoms in total. The number of ether oxygens (including phenoxy) is 1. The van der Waals surface area contributed by atoms with Gasteiger partial charge in [-0.05, 0) is 48.9 Å². The number of ketones is 1. The average Bonchev–Trinajstić information content (AvgIpc) is 3.29. The van der Waals surface area contributed by atoms with Crippen molar-refractivity contribution in [3.8, 4) is 5.75 Å². The Balaban J connectivity index is 1.92. The third-order valence-corrected chi connectivity index (χ3v) is 5.55. The Bertz CT molecular complexity index is 1160. The van der Waals surface area contributed by atoms with Crippen molar-refractivity contribution < 1.29 is 23.8 Å². The van der Waals surface area contributed by atoms with Gasteiger partial charge in [0.05, 0.1) is 18.7 Å². The summed E-state index contributed by atoms with van der Waals surface area (Å²) in [6.07, 6.45) is 0. The predicted octanol–water partition coefficient (Wildman–Crippen LogP) is 3.62. The summed E-state index contributed by atoms with van der Waals surface area (Å²) >= 11 is 1.16. The van der Waals surface area contributed by atoms with Crippen molar-refractivity contribution >= 4 is 33.9 Å². The molecule has 0 radical (unpaired) electrons. The molecule has 30 heavy (non-hydrogen) atoms. The topological polar surface area (TPSA) is 92.6 Å². The molecule has 0 unspecified atom stereocenters. The number of anilines is 1. The number of aliphatic hydroxyl groups is 1. The molecule has 0 spiro atoms. The number of hydrogen-bond donors (Lipinski definition) is 1. The van der Waals surface area contributed by atoms with E-state index in [2.05, 4.69) is 10.2 Å². The summed E-state index contributed by atoms with van der Waals surface area (Å²) in [5.41, 5.74) is 0.692. The second-order valence-electron chi connectivity index (χ2n) is 6.55. The van der Waals surface area contributed by atoms with Crippen LogP contribution in [0.3, 0.4) is 0 Å². The molecule has 9 heteroatoms. The first-order chi connectivity index (χ1) is 14.4. The number of halogens is 1. The van der Waals surface area contributed by atoms with Crippen LogP contribution >= 0.6 is 11.3 Å². The fraction of sp³-hybridized carbons (Fsp3) is 0.143. The molecule has 1 atom stereocenters. The predicted molar refractivity (Wildman–Crippen MR) is 109 cm³/mol. The molecule has 0 saturated carbocycles. The third kappa shape index (κ3) is 3.33. The number of carbonyl (C=O) groups is 2. The monoisotopic (exact) mass is 425 g/mol. The summed E-state index contributed by atoms with van der Waals surface area (Å²) in [6.45, 7) is 1.73. The highest BCUT2D eigenvalue weighted by molar-refractivity contribution is 7.15. The molecule has 1 saturated heterocycles. The van der Waals surface area contributed by atoms with Crippen LogP contribution in [0.1, 0.15) is 22.2 Å². The number of hydrogen-bond acceptors (Lipinski definition) is 7. The van der Waals surface area contributed by atoms with Gasteiger partial charge in [-0.25, -0.2) is 4.39 Å². The maximum Gasteiger partial charge on any atom is 0.301 e. The lowest BCUT2D eigenvalue weighted by atomic mass is 9.95. The van der Waals surface area contributed by atoms with Crippen molar-refractivity contribution in [3.63, 3.8) is 0 Å². The first-order valence-electron chi connectivity index (χ1n) is 8.91. The van der Waals surface area contributed by atoms with Crippen LogP contribution in [0.2, 0.25) is 0 Å². The molecular weight excluding hydrogens is 409 g/mol. The molecule has 1 fully saturated rings. The van der Waals surface area contributed by atoms with Gasteiger partial charge in [0.1, 0.15) is 22.3 Å². The Kier molecular flexibility index (Phi) is 5.04. The summed E-state index contributed by atoms with van der Waals surface area (Å²) < 4.78 is 18.5. The Labute approximate surface area is 175 Å². The highest BCUT2D eigenvalue weighted by atomic mass is 32.1. The first-order valence-corrected chi connectivity index (χ1v) is 9.73. The fourth-order valence-electron chi connectivity index (χ4n) is 3.28. The van der Waals surface area contributed by atoms with E-state index in [-0.39, 0.29) is 16.3 Å². The van der Waals surface area contributed by atoms with Gasteiger partial charge in [0.25, 0.3) is 5.78 Å². The molecule has 3 aromatic rings. The number of nitrogens with zero attached hydrogens (tertiary/aromatic N) is 3. The maximum atomic E-state index is 13.3. The molecule has 4 rings (SSSR count). The quantitative estimate of drug-likeness (QED) is 0.390. The van der Waals surface area contributed by atoms with Crippen LogP contribution in [0.25, 0.3) is 5.76 Å². The second kappa shape index (κ2) is 7.68. The van der Waals surface area contributed by atoms with E-state index in [1.807, 2.05) is 0 Å². The zero-order valence-corrected chi connectivity index (χ0v) is 16.8. The minimum absolute atomic E-state index is 0.107. The van der Waals surface area contributed by atoms with Crippen molar-refractivity contribution in [2.45, 2.75) is 13.0 Å². The lowest BCUT2D eigenvalue weighted by Crippen LogP contribution is -2.29. The lowest BCUT2D eigenvalue weighted by molar-refractivity contribution is -0.132. The van der Waals surface area contributed by atoms with Crippen molar-refractivity contribution in [1.29, 1.82) is 0 Å². The van der Waals surface area contributed by atoms with Crippen LogP contribution in [0.15, 0.2) is 54.1 Å². The van der Waals surface area contributed by atoms with Gasteiger partial charge in [-0.3, -0.25) is 14.5 Å². The summed E-state index contributed by atoms with van der Waals surface area (Å²) in [7, 11) is 1.53. The zero-order chi connectivity index (χ0) is 21.4. The van der Waals surface area contributed by atoms with Crippen LogP contribution in [0, 0.1) is 12.7 Å². The molecule has 2 aromatic carbocycles. The van der Waals surface area contributed by atoms with Gasteiger partial charge in [-0.15, -0.1) is 10.2 Å². The molecule has 1 aliphatic heterocycles. The highest BCUT2D eigenvalue weighted by Crippen LogP contribution is 2.43. The normalized spacial score (nSPS) is 18.1. The van der Waals surface area contributed by atoms with Crippen LogP contribution in [0.4, 0.5) is 9.52 Å². The number of rotatable bonds is 4. The van der Waals surface area contributed by atoms with E-state index >= 15 is 0 Å². The van der Waals surface area contributed by atoms with E-state index in [4.69, 9.17) is 4.74 Å². The van der Waals surface area contributed by atoms with Gasteiger partial charge in [-0.1, -0.05) is 23.5 Å². The van der Waals surface area contributed by atoms with E-state index in [1.165, 1.54) is 36.3 Å². The Morgan fingerprint density at radius 2 is 1.77 bits per heavy atom. The largest absolute Gasteiger partial charge is 0.507 e. The number of aliphatic hydroxyl groups excluding tert-OH is 1. The second-order valence-corrected chi connectivity index (χ2v) is 7.71.